The molecule has 1 amide bonds. The van der Waals surface area contributed by atoms with Crippen molar-refractivity contribution in [3.63, 3.8) is 0 Å². The van der Waals surface area contributed by atoms with Crippen molar-refractivity contribution in [3.8, 4) is 0 Å². The Morgan fingerprint density at radius 3 is 2.30 bits per heavy atom. The van der Waals surface area contributed by atoms with Crippen LogP contribution in [0.5, 0.6) is 0 Å². The van der Waals surface area contributed by atoms with Gasteiger partial charge in [-0.25, -0.2) is 4.79 Å². The van der Waals surface area contributed by atoms with E-state index in [1.165, 1.54) is 4.90 Å². The van der Waals surface area contributed by atoms with Crippen LogP contribution in [-0.4, -0.2) is 29.2 Å². The topological polar surface area (TPSA) is 40.5 Å². The van der Waals surface area contributed by atoms with Crippen LogP contribution in [-0.2, 0) is 0 Å². The minimum absolute atomic E-state index is 0.436. The van der Waals surface area contributed by atoms with Gasteiger partial charge < -0.3 is 10.0 Å². The largest absolute Gasteiger partial charge is 0.465 e. The zero-order chi connectivity index (χ0) is 8.15. The van der Waals surface area contributed by atoms with Crippen molar-refractivity contribution < 1.29 is 9.90 Å². The predicted octanol–water partition coefficient (Wildman–Crippen LogP) is 1.56. The number of nitrogens with zero attached hydrogens (tertiary/aromatic N) is 1. The summed E-state index contributed by atoms with van der Waals surface area (Å²) in [5.41, 5.74) is 0.865. The Hall–Kier alpha value is -0.990. The first kappa shape index (κ1) is 9.01. The number of hydrogen-bond acceptors (Lipinski definition) is 1. The van der Waals surface area contributed by atoms with E-state index in [4.69, 9.17) is 5.11 Å². The summed E-state index contributed by atoms with van der Waals surface area (Å²) in [5.74, 6) is 0. The van der Waals surface area contributed by atoms with Gasteiger partial charge in [-0.3, -0.25) is 0 Å². The van der Waals surface area contributed by atoms with E-state index >= 15 is 0 Å². The molecule has 0 aromatic rings. The van der Waals surface area contributed by atoms with Crippen LogP contribution < -0.4 is 0 Å². The third-order valence-corrected chi connectivity index (χ3v) is 1.11. The van der Waals surface area contributed by atoms with Gasteiger partial charge in [0.1, 0.15) is 0 Å². The molecular formula is C7H13NO2. The van der Waals surface area contributed by atoms with Crippen LogP contribution in [0.3, 0.4) is 0 Å². The van der Waals surface area contributed by atoms with E-state index < -0.39 is 6.09 Å². The monoisotopic (exact) mass is 143 g/mol. The van der Waals surface area contributed by atoms with Crippen molar-refractivity contribution in [2.45, 2.75) is 13.8 Å². The maximum absolute atomic E-state index is 10.4. The third-order valence-electron chi connectivity index (χ3n) is 1.11. The van der Waals surface area contributed by atoms with Crippen molar-refractivity contribution in [1.29, 1.82) is 0 Å². The summed E-state index contributed by atoms with van der Waals surface area (Å²) < 4.78 is 0. The molecule has 0 rings (SSSR count). The number of carboxylic acid groups (broad SMARTS) is 1. The highest BCUT2D eigenvalue weighted by molar-refractivity contribution is 5.65. The molecule has 0 aliphatic heterocycles. The molecule has 0 bridgehead atoms. The van der Waals surface area contributed by atoms with Crippen LogP contribution in [0, 0.1) is 0 Å². The van der Waals surface area contributed by atoms with Crippen LogP contribution in [0.25, 0.3) is 0 Å². The van der Waals surface area contributed by atoms with E-state index in [-0.39, 0.29) is 0 Å². The van der Waals surface area contributed by atoms with Crippen LogP contribution >= 0.6 is 0 Å². The van der Waals surface area contributed by atoms with E-state index in [1.54, 1.807) is 6.92 Å². The molecule has 0 spiro atoms. The molecule has 0 aliphatic rings. The molecule has 3 heteroatoms. The standard InChI is InChI=1S/C7H13NO2/c1-4-8(7(9)10)5-6(2)3/h2,4-5H2,1,3H3,(H,9,10). The SMILES string of the molecule is C=C(C)CN(CC)C(=O)O. The first-order chi connectivity index (χ1) is 4.57. The van der Waals surface area contributed by atoms with Crippen LogP contribution in [0.1, 0.15) is 13.8 Å². The Morgan fingerprint density at radius 2 is 2.20 bits per heavy atom. The summed E-state index contributed by atoms with van der Waals surface area (Å²) in [7, 11) is 0. The normalized spacial score (nSPS) is 9.00. The van der Waals surface area contributed by atoms with Gasteiger partial charge in [0, 0.05) is 13.1 Å². The van der Waals surface area contributed by atoms with Crippen LogP contribution in [0.15, 0.2) is 12.2 Å². The predicted molar refractivity (Wildman–Crippen MR) is 40.1 cm³/mol. The van der Waals surface area contributed by atoms with Gasteiger partial charge in [0.2, 0.25) is 0 Å². The number of amides is 1. The maximum atomic E-state index is 10.4. The number of hydrogen-bond donors (Lipinski definition) is 1. The van der Waals surface area contributed by atoms with Gasteiger partial charge in [0.05, 0.1) is 0 Å². The summed E-state index contributed by atoms with van der Waals surface area (Å²) in [6, 6.07) is 0. The second-order valence-corrected chi connectivity index (χ2v) is 2.25. The summed E-state index contributed by atoms with van der Waals surface area (Å²) in [6.45, 7) is 8.19. The second-order valence-electron chi connectivity index (χ2n) is 2.25. The highest BCUT2D eigenvalue weighted by atomic mass is 16.4. The Bertz CT molecular complexity index is 143. The fraction of sp³-hybridized carbons (Fsp3) is 0.571. The van der Waals surface area contributed by atoms with Gasteiger partial charge in [0.25, 0.3) is 0 Å². The van der Waals surface area contributed by atoms with Gasteiger partial charge in [-0.1, -0.05) is 12.2 Å². The lowest BCUT2D eigenvalue weighted by Crippen LogP contribution is -2.30. The van der Waals surface area contributed by atoms with Crippen molar-refractivity contribution in [2.24, 2.45) is 0 Å². The molecule has 58 valence electrons. The minimum Gasteiger partial charge on any atom is -0.465 e. The molecule has 0 radical (unpaired) electrons. The summed E-state index contributed by atoms with van der Waals surface area (Å²) in [6.07, 6.45) is -0.884. The summed E-state index contributed by atoms with van der Waals surface area (Å²) >= 11 is 0. The summed E-state index contributed by atoms with van der Waals surface area (Å²) in [4.78, 5) is 11.7. The third kappa shape index (κ3) is 3.12. The lowest BCUT2D eigenvalue weighted by molar-refractivity contribution is 0.151. The molecule has 10 heavy (non-hydrogen) atoms. The highest BCUT2D eigenvalue weighted by Gasteiger charge is 2.07. The molecule has 1 N–H and O–H groups in total. The Labute approximate surface area is 61.0 Å². The van der Waals surface area contributed by atoms with E-state index in [1.807, 2.05) is 6.92 Å². The zero-order valence-electron chi connectivity index (χ0n) is 6.42. The van der Waals surface area contributed by atoms with E-state index in [0.29, 0.717) is 13.1 Å². The number of carbonyl (C=O) groups is 1. The van der Waals surface area contributed by atoms with Gasteiger partial charge in [-0.15, -0.1) is 0 Å². The average molecular weight is 143 g/mol. The van der Waals surface area contributed by atoms with Gasteiger partial charge in [0.15, 0.2) is 0 Å². The molecule has 0 atom stereocenters. The minimum atomic E-state index is -0.884. The van der Waals surface area contributed by atoms with Gasteiger partial charge in [-0.05, 0) is 13.8 Å². The molecule has 0 unspecified atom stereocenters. The van der Waals surface area contributed by atoms with E-state index in [9.17, 15) is 4.79 Å². The Kier molecular flexibility index (Phi) is 3.54. The van der Waals surface area contributed by atoms with Crippen LogP contribution in [0.4, 0.5) is 4.79 Å². The number of rotatable bonds is 3. The van der Waals surface area contributed by atoms with Crippen molar-refractivity contribution in [2.75, 3.05) is 13.1 Å². The Morgan fingerprint density at radius 1 is 1.70 bits per heavy atom. The fourth-order valence-corrected chi connectivity index (χ4v) is 0.641. The first-order valence-electron chi connectivity index (χ1n) is 3.20. The molecular weight excluding hydrogens is 130 g/mol. The van der Waals surface area contributed by atoms with Gasteiger partial charge in [-0.2, -0.15) is 0 Å². The lowest BCUT2D eigenvalue weighted by atomic mass is 10.3. The molecule has 0 aromatic carbocycles. The molecule has 0 saturated carbocycles. The molecule has 0 fully saturated rings. The maximum Gasteiger partial charge on any atom is 0.407 e. The Balaban J connectivity index is 3.83. The van der Waals surface area contributed by atoms with Crippen LogP contribution in [0.2, 0.25) is 0 Å². The molecule has 0 aromatic heterocycles. The van der Waals surface area contributed by atoms with E-state index in [0.717, 1.165) is 5.57 Å². The smallest absolute Gasteiger partial charge is 0.407 e. The number of likely N-dealkylation sites (N-methyl/N-ethyl adjacent to an activating group) is 1. The lowest BCUT2D eigenvalue weighted by Gasteiger charge is -2.15. The first-order valence-corrected chi connectivity index (χ1v) is 3.20. The summed E-state index contributed by atoms with van der Waals surface area (Å²) in [5, 5.41) is 8.51. The molecule has 0 heterocycles. The van der Waals surface area contributed by atoms with Crippen molar-refractivity contribution >= 4 is 6.09 Å². The molecule has 0 saturated heterocycles. The molecule has 3 nitrogen and oxygen atoms in total. The quantitative estimate of drug-likeness (QED) is 0.609. The van der Waals surface area contributed by atoms with Crippen molar-refractivity contribution in [3.05, 3.63) is 12.2 Å². The zero-order valence-corrected chi connectivity index (χ0v) is 6.42. The highest BCUT2D eigenvalue weighted by Crippen LogP contribution is 1.94. The van der Waals surface area contributed by atoms with Gasteiger partial charge >= 0.3 is 6.09 Å². The molecule has 0 aliphatic carbocycles. The second kappa shape index (κ2) is 3.93. The fourth-order valence-electron chi connectivity index (χ4n) is 0.641. The average Bonchev–Trinajstić information content (AvgIpc) is 1.81. The van der Waals surface area contributed by atoms with Crippen molar-refractivity contribution in [1.82, 2.24) is 4.90 Å². The van der Waals surface area contributed by atoms with E-state index in [2.05, 4.69) is 6.58 Å².